The van der Waals surface area contributed by atoms with Crippen LogP contribution in [0.4, 0.5) is 4.79 Å². The second-order valence-corrected chi connectivity index (χ2v) is 10.1. The average molecular weight is 441 g/mol. The van der Waals surface area contributed by atoms with Gasteiger partial charge in [0.15, 0.2) is 0 Å². The van der Waals surface area contributed by atoms with Gasteiger partial charge in [-0.1, -0.05) is 39.0 Å². The van der Waals surface area contributed by atoms with Crippen LogP contribution in [0.15, 0.2) is 30.3 Å². The predicted molar refractivity (Wildman–Crippen MR) is 119 cm³/mol. The smallest absolute Gasteiger partial charge is 0.325 e. The van der Waals surface area contributed by atoms with Crippen molar-refractivity contribution in [1.29, 1.82) is 0 Å². The third-order valence-electron chi connectivity index (χ3n) is 6.81. The van der Waals surface area contributed by atoms with Gasteiger partial charge in [0.25, 0.3) is 11.8 Å². The van der Waals surface area contributed by atoms with Crippen molar-refractivity contribution in [3.05, 3.63) is 35.9 Å². The highest BCUT2D eigenvalue weighted by molar-refractivity contribution is 6.07. The topological polar surface area (TPSA) is 90.0 Å². The van der Waals surface area contributed by atoms with E-state index in [4.69, 9.17) is 0 Å². The molecule has 3 heterocycles. The lowest BCUT2D eigenvalue weighted by molar-refractivity contribution is -0.144. The van der Waals surface area contributed by atoms with E-state index < -0.39 is 11.0 Å². The van der Waals surface area contributed by atoms with Crippen molar-refractivity contribution in [3.8, 4) is 0 Å². The van der Waals surface area contributed by atoms with E-state index in [9.17, 15) is 19.2 Å². The first kappa shape index (κ1) is 22.3. The maximum absolute atomic E-state index is 13.4. The van der Waals surface area contributed by atoms with Gasteiger partial charge in [0.05, 0.1) is 6.04 Å². The number of likely N-dealkylation sites (tertiary alicyclic amines) is 2. The van der Waals surface area contributed by atoms with Crippen LogP contribution in [0.1, 0.15) is 56.8 Å². The van der Waals surface area contributed by atoms with Crippen molar-refractivity contribution >= 4 is 23.8 Å². The molecule has 0 aliphatic carbocycles. The van der Waals surface area contributed by atoms with Crippen molar-refractivity contribution in [2.45, 2.75) is 58.0 Å². The minimum atomic E-state index is -0.957. The van der Waals surface area contributed by atoms with Crippen LogP contribution in [0, 0.1) is 5.41 Å². The average Bonchev–Trinajstić information content (AvgIpc) is 3.02. The number of nitrogens with one attached hydrogen (secondary N) is 1. The van der Waals surface area contributed by atoms with Crippen molar-refractivity contribution in [3.63, 3.8) is 0 Å². The Morgan fingerprint density at radius 1 is 1.00 bits per heavy atom. The molecule has 32 heavy (non-hydrogen) atoms. The van der Waals surface area contributed by atoms with Gasteiger partial charge in [-0.3, -0.25) is 19.3 Å². The number of nitrogens with zero attached hydrogens (tertiary/aromatic N) is 3. The van der Waals surface area contributed by atoms with Crippen molar-refractivity contribution < 1.29 is 19.2 Å². The highest BCUT2D eigenvalue weighted by Gasteiger charge is 2.55. The van der Waals surface area contributed by atoms with Gasteiger partial charge in [0.1, 0.15) is 5.54 Å². The van der Waals surface area contributed by atoms with Gasteiger partial charge in [-0.2, -0.15) is 0 Å². The molecule has 1 aromatic rings. The summed E-state index contributed by atoms with van der Waals surface area (Å²) >= 11 is 0. The minimum Gasteiger partial charge on any atom is -0.340 e. The maximum atomic E-state index is 13.4. The van der Waals surface area contributed by atoms with E-state index in [1.54, 1.807) is 21.9 Å². The molecular formula is C24H32N4O4. The van der Waals surface area contributed by atoms with E-state index in [2.05, 4.69) is 5.32 Å². The number of hydrogen-bond acceptors (Lipinski definition) is 4. The van der Waals surface area contributed by atoms with E-state index in [-0.39, 0.29) is 29.8 Å². The van der Waals surface area contributed by atoms with E-state index in [1.807, 2.05) is 39.0 Å². The summed E-state index contributed by atoms with van der Waals surface area (Å²) in [5.41, 5.74) is -0.836. The quantitative estimate of drug-likeness (QED) is 0.715. The lowest BCUT2D eigenvalue weighted by Crippen LogP contribution is -2.57. The number of piperidine rings is 2. The molecule has 0 saturated carbocycles. The molecule has 8 heteroatoms. The van der Waals surface area contributed by atoms with Gasteiger partial charge in [0, 0.05) is 37.2 Å². The summed E-state index contributed by atoms with van der Waals surface area (Å²) in [6, 6.07) is 8.39. The number of carbonyl (C=O) groups is 4. The number of imide groups is 1. The number of carbonyl (C=O) groups excluding carboxylic acids is 4. The van der Waals surface area contributed by atoms with Gasteiger partial charge in [-0.15, -0.1) is 0 Å². The molecule has 0 bridgehead atoms. The lowest BCUT2D eigenvalue weighted by Gasteiger charge is -2.40. The molecule has 4 rings (SSSR count). The molecule has 1 N–H and O–H groups in total. The third kappa shape index (κ3) is 3.98. The van der Waals surface area contributed by atoms with Gasteiger partial charge in [0.2, 0.25) is 5.91 Å². The number of amides is 5. The molecule has 172 valence electrons. The van der Waals surface area contributed by atoms with Crippen LogP contribution in [0.5, 0.6) is 0 Å². The fourth-order valence-corrected chi connectivity index (χ4v) is 4.99. The standard InChI is InChI=1S/C24H32N4O4/c1-23(2,3)20(30)27-13-7-10-18(16-27)28-21(31)24(25-22(28)32)11-14-26(15-12-24)19(29)17-8-5-4-6-9-17/h4-6,8-9,18H,7,10-16H2,1-3H3,(H,25,32)/t18-/m1/s1. The van der Waals surface area contributed by atoms with Crippen LogP contribution < -0.4 is 5.32 Å². The molecule has 0 unspecified atom stereocenters. The molecule has 3 aliphatic heterocycles. The molecule has 8 nitrogen and oxygen atoms in total. The van der Waals surface area contributed by atoms with E-state index in [0.29, 0.717) is 51.0 Å². The highest BCUT2D eigenvalue weighted by atomic mass is 16.2. The Kier molecular flexibility index (Phi) is 5.73. The van der Waals surface area contributed by atoms with E-state index in [0.717, 1.165) is 6.42 Å². The van der Waals surface area contributed by atoms with Crippen LogP contribution in [0.3, 0.4) is 0 Å². The van der Waals surface area contributed by atoms with E-state index >= 15 is 0 Å². The second-order valence-electron chi connectivity index (χ2n) is 10.1. The molecule has 1 atom stereocenters. The first-order valence-corrected chi connectivity index (χ1v) is 11.4. The lowest BCUT2D eigenvalue weighted by atomic mass is 9.86. The zero-order chi connectivity index (χ0) is 23.1. The Morgan fingerprint density at radius 3 is 2.28 bits per heavy atom. The second kappa shape index (κ2) is 8.22. The summed E-state index contributed by atoms with van der Waals surface area (Å²) in [5, 5.41) is 2.94. The predicted octanol–water partition coefficient (Wildman–Crippen LogP) is 2.25. The van der Waals surface area contributed by atoms with Gasteiger partial charge < -0.3 is 15.1 Å². The Labute approximate surface area is 188 Å². The van der Waals surface area contributed by atoms with Crippen LogP contribution >= 0.6 is 0 Å². The summed E-state index contributed by atoms with van der Waals surface area (Å²) < 4.78 is 0. The molecule has 3 saturated heterocycles. The molecule has 1 spiro atoms. The third-order valence-corrected chi connectivity index (χ3v) is 6.81. The van der Waals surface area contributed by atoms with Crippen molar-refractivity contribution in [1.82, 2.24) is 20.0 Å². The number of benzene rings is 1. The first-order chi connectivity index (χ1) is 15.1. The highest BCUT2D eigenvalue weighted by Crippen LogP contribution is 2.33. The molecule has 0 radical (unpaired) electrons. The van der Waals surface area contributed by atoms with Crippen LogP contribution in [-0.4, -0.2) is 76.2 Å². The van der Waals surface area contributed by atoms with E-state index in [1.165, 1.54) is 4.90 Å². The fraction of sp³-hybridized carbons (Fsp3) is 0.583. The van der Waals surface area contributed by atoms with Crippen molar-refractivity contribution in [2.75, 3.05) is 26.2 Å². The number of urea groups is 1. The molecule has 1 aromatic carbocycles. The van der Waals surface area contributed by atoms with Crippen molar-refractivity contribution in [2.24, 2.45) is 5.41 Å². The summed E-state index contributed by atoms with van der Waals surface area (Å²) in [6.45, 7) is 7.49. The van der Waals surface area contributed by atoms with Gasteiger partial charge in [-0.05, 0) is 37.8 Å². The molecule has 5 amide bonds. The van der Waals surface area contributed by atoms with Crippen LogP contribution in [-0.2, 0) is 9.59 Å². The Hall–Kier alpha value is -2.90. The Bertz CT molecular complexity index is 916. The van der Waals surface area contributed by atoms with Gasteiger partial charge >= 0.3 is 6.03 Å². The Balaban J connectivity index is 1.43. The first-order valence-electron chi connectivity index (χ1n) is 11.4. The van der Waals surface area contributed by atoms with Crippen LogP contribution in [0.2, 0.25) is 0 Å². The normalized spacial score (nSPS) is 23.5. The fourth-order valence-electron chi connectivity index (χ4n) is 4.99. The maximum Gasteiger partial charge on any atom is 0.325 e. The summed E-state index contributed by atoms with van der Waals surface area (Å²) in [5.74, 6) is -0.237. The molecule has 3 fully saturated rings. The summed E-state index contributed by atoms with van der Waals surface area (Å²) in [6.07, 6.45) is 2.24. The zero-order valence-corrected chi connectivity index (χ0v) is 19.1. The number of hydrogen-bond donors (Lipinski definition) is 1. The zero-order valence-electron chi connectivity index (χ0n) is 19.1. The summed E-state index contributed by atoms with van der Waals surface area (Å²) in [7, 11) is 0. The summed E-state index contributed by atoms with van der Waals surface area (Å²) in [4.78, 5) is 56.7. The Morgan fingerprint density at radius 2 is 1.66 bits per heavy atom. The SMILES string of the molecule is CC(C)(C)C(=O)N1CCC[C@@H](N2C(=O)NC3(CCN(C(=O)c4ccccc4)CC3)C2=O)C1. The number of rotatable bonds is 2. The van der Waals surface area contributed by atoms with Gasteiger partial charge in [-0.25, -0.2) is 4.79 Å². The molecule has 0 aromatic heterocycles. The minimum absolute atomic E-state index is 0.0386. The molecular weight excluding hydrogens is 408 g/mol. The molecule has 3 aliphatic rings. The monoisotopic (exact) mass is 440 g/mol. The van der Waals surface area contributed by atoms with Crippen LogP contribution in [0.25, 0.3) is 0 Å². The largest absolute Gasteiger partial charge is 0.340 e.